The van der Waals surface area contributed by atoms with E-state index in [9.17, 15) is 14.4 Å². The van der Waals surface area contributed by atoms with Crippen LogP contribution in [0.2, 0.25) is 0 Å². The molecule has 2 aromatic carbocycles. The molecule has 1 aliphatic heterocycles. The maximum Gasteiger partial charge on any atom is 0.342 e. The number of anilines is 1. The summed E-state index contributed by atoms with van der Waals surface area (Å²) in [6, 6.07) is 13.1. The van der Waals surface area contributed by atoms with E-state index in [2.05, 4.69) is 5.32 Å². The molecule has 0 spiro atoms. The van der Waals surface area contributed by atoms with E-state index < -0.39 is 11.6 Å². The van der Waals surface area contributed by atoms with Gasteiger partial charge < -0.3 is 23.9 Å². The fraction of sp³-hybridized carbons (Fsp3) is 0.292. The second-order valence-electron chi connectivity index (χ2n) is 7.50. The number of ether oxygens (including phenoxy) is 3. The third-order valence-electron chi connectivity index (χ3n) is 5.07. The fourth-order valence-corrected chi connectivity index (χ4v) is 3.57. The van der Waals surface area contributed by atoms with Gasteiger partial charge in [0.05, 0.1) is 6.10 Å². The normalized spacial score (nSPS) is 15.5. The van der Waals surface area contributed by atoms with Crippen molar-refractivity contribution in [1.82, 2.24) is 0 Å². The quantitative estimate of drug-likeness (QED) is 0.444. The van der Waals surface area contributed by atoms with Crippen LogP contribution in [0.5, 0.6) is 5.75 Å². The molecule has 3 aromatic rings. The molecule has 2 heterocycles. The first-order chi connectivity index (χ1) is 15.5. The van der Waals surface area contributed by atoms with E-state index in [1.807, 2.05) is 0 Å². The SMILES string of the molecule is CC(=O)Nc1ccc2c(COC(=O)c3ccccc3OC[C@@H]3CCCO3)cc(=O)oc2c1. The van der Waals surface area contributed by atoms with Gasteiger partial charge in [-0.05, 0) is 37.1 Å². The molecule has 32 heavy (non-hydrogen) atoms. The number of para-hydroxylation sites is 1. The van der Waals surface area contributed by atoms with Crippen LogP contribution in [-0.2, 0) is 20.9 Å². The Morgan fingerprint density at radius 1 is 1.16 bits per heavy atom. The van der Waals surface area contributed by atoms with E-state index in [1.54, 1.807) is 42.5 Å². The lowest BCUT2D eigenvalue weighted by atomic mass is 10.1. The number of nitrogens with one attached hydrogen (secondary N) is 1. The van der Waals surface area contributed by atoms with Crippen LogP contribution >= 0.6 is 0 Å². The number of benzene rings is 2. The Hall–Kier alpha value is -3.65. The second kappa shape index (κ2) is 9.65. The van der Waals surface area contributed by atoms with Gasteiger partial charge in [-0.15, -0.1) is 0 Å². The van der Waals surface area contributed by atoms with Gasteiger partial charge in [0.15, 0.2) is 0 Å². The van der Waals surface area contributed by atoms with Gasteiger partial charge in [0, 0.05) is 42.3 Å². The molecule has 8 nitrogen and oxygen atoms in total. The van der Waals surface area contributed by atoms with Gasteiger partial charge in [0.25, 0.3) is 0 Å². The van der Waals surface area contributed by atoms with Crippen molar-refractivity contribution in [2.75, 3.05) is 18.5 Å². The number of amides is 1. The Labute approximate surface area is 184 Å². The molecule has 0 aliphatic carbocycles. The zero-order chi connectivity index (χ0) is 22.5. The fourth-order valence-electron chi connectivity index (χ4n) is 3.57. The van der Waals surface area contributed by atoms with Gasteiger partial charge in [0.1, 0.15) is 30.1 Å². The predicted molar refractivity (Wildman–Crippen MR) is 117 cm³/mol. The zero-order valence-corrected chi connectivity index (χ0v) is 17.6. The molecule has 0 unspecified atom stereocenters. The first-order valence-electron chi connectivity index (χ1n) is 10.3. The third-order valence-corrected chi connectivity index (χ3v) is 5.07. The molecule has 166 valence electrons. The summed E-state index contributed by atoms with van der Waals surface area (Å²) < 4.78 is 22.1. The number of carbonyl (C=O) groups is 2. The summed E-state index contributed by atoms with van der Waals surface area (Å²) >= 11 is 0. The highest BCUT2D eigenvalue weighted by molar-refractivity contribution is 5.93. The van der Waals surface area contributed by atoms with E-state index in [4.69, 9.17) is 18.6 Å². The first kappa shape index (κ1) is 21.6. The second-order valence-corrected chi connectivity index (χ2v) is 7.50. The first-order valence-corrected chi connectivity index (χ1v) is 10.3. The van der Waals surface area contributed by atoms with E-state index in [1.165, 1.54) is 13.0 Å². The molecule has 8 heteroatoms. The zero-order valence-electron chi connectivity index (χ0n) is 17.6. The lowest BCUT2D eigenvalue weighted by molar-refractivity contribution is -0.114. The molecule has 0 bridgehead atoms. The summed E-state index contributed by atoms with van der Waals surface area (Å²) in [7, 11) is 0. The molecule has 1 saturated heterocycles. The van der Waals surface area contributed by atoms with Gasteiger partial charge in [-0.1, -0.05) is 12.1 Å². The lowest BCUT2D eigenvalue weighted by Gasteiger charge is -2.14. The predicted octanol–water partition coefficient (Wildman–Crippen LogP) is 3.67. The van der Waals surface area contributed by atoms with E-state index in [0.29, 0.717) is 34.6 Å². The number of esters is 1. The molecule has 1 amide bonds. The topological polar surface area (TPSA) is 104 Å². The number of hydrogen-bond acceptors (Lipinski definition) is 7. The monoisotopic (exact) mass is 437 g/mol. The van der Waals surface area contributed by atoms with Crippen LogP contribution in [0.1, 0.15) is 35.7 Å². The summed E-state index contributed by atoms with van der Waals surface area (Å²) in [5.41, 5.74) is 1.00. The highest BCUT2D eigenvalue weighted by Gasteiger charge is 2.19. The van der Waals surface area contributed by atoms with Gasteiger partial charge >= 0.3 is 11.6 Å². The summed E-state index contributed by atoms with van der Waals surface area (Å²) in [5.74, 6) is -0.383. The van der Waals surface area contributed by atoms with Crippen LogP contribution < -0.4 is 15.7 Å². The third kappa shape index (κ3) is 5.15. The minimum Gasteiger partial charge on any atom is -0.490 e. The highest BCUT2D eigenvalue weighted by atomic mass is 16.5. The summed E-state index contributed by atoms with van der Waals surface area (Å²) in [6.07, 6.45) is 1.96. The molecule has 0 radical (unpaired) electrons. The lowest BCUT2D eigenvalue weighted by Crippen LogP contribution is -2.18. The molecule has 1 aromatic heterocycles. The van der Waals surface area contributed by atoms with Crippen molar-refractivity contribution in [3.8, 4) is 5.75 Å². The average molecular weight is 437 g/mol. The van der Waals surface area contributed by atoms with Crippen molar-refractivity contribution in [1.29, 1.82) is 0 Å². The molecule has 1 fully saturated rings. The van der Waals surface area contributed by atoms with E-state index in [0.717, 1.165) is 19.4 Å². The van der Waals surface area contributed by atoms with Crippen molar-refractivity contribution >= 4 is 28.5 Å². The molecular weight excluding hydrogens is 414 g/mol. The number of hydrogen-bond donors (Lipinski definition) is 1. The molecular formula is C24H23NO7. The summed E-state index contributed by atoms with van der Waals surface area (Å²) in [4.78, 5) is 36.0. The Morgan fingerprint density at radius 3 is 2.78 bits per heavy atom. The largest absolute Gasteiger partial charge is 0.490 e. The Balaban J connectivity index is 1.49. The molecule has 0 saturated carbocycles. The van der Waals surface area contributed by atoms with Crippen LogP contribution in [-0.4, -0.2) is 31.2 Å². The smallest absolute Gasteiger partial charge is 0.342 e. The standard InChI is InChI=1S/C24H23NO7/c1-15(26)25-17-8-9-19-16(11-23(27)32-22(19)12-17)13-31-24(28)20-6-2-3-7-21(20)30-14-18-5-4-10-29-18/h2-3,6-9,11-12,18H,4-5,10,13-14H2,1H3,(H,25,26)/t18-/m0/s1. The van der Waals surface area contributed by atoms with E-state index in [-0.39, 0.29) is 24.2 Å². The number of rotatable bonds is 7. The van der Waals surface area contributed by atoms with Crippen molar-refractivity contribution in [3.63, 3.8) is 0 Å². The van der Waals surface area contributed by atoms with Crippen molar-refractivity contribution in [2.45, 2.75) is 32.5 Å². The summed E-state index contributed by atoms with van der Waals surface area (Å²) in [6.45, 7) is 2.35. The van der Waals surface area contributed by atoms with Crippen LogP contribution in [0.25, 0.3) is 11.0 Å². The summed E-state index contributed by atoms with van der Waals surface area (Å²) in [5, 5.41) is 3.24. The van der Waals surface area contributed by atoms with Crippen LogP contribution in [0.15, 0.2) is 57.7 Å². The average Bonchev–Trinajstić information content (AvgIpc) is 3.29. The minimum absolute atomic E-state index is 0.0244. The van der Waals surface area contributed by atoms with Crippen molar-refractivity contribution in [2.24, 2.45) is 0 Å². The van der Waals surface area contributed by atoms with Crippen LogP contribution in [0.3, 0.4) is 0 Å². The van der Waals surface area contributed by atoms with Gasteiger partial charge in [-0.25, -0.2) is 9.59 Å². The van der Waals surface area contributed by atoms with Gasteiger partial charge in [-0.2, -0.15) is 0 Å². The number of carbonyl (C=O) groups excluding carboxylic acids is 2. The molecule has 1 N–H and O–H groups in total. The van der Waals surface area contributed by atoms with Crippen LogP contribution in [0, 0.1) is 0 Å². The maximum absolute atomic E-state index is 12.7. The van der Waals surface area contributed by atoms with Gasteiger partial charge in [0.2, 0.25) is 5.91 Å². The maximum atomic E-state index is 12.7. The minimum atomic E-state index is -0.580. The van der Waals surface area contributed by atoms with Gasteiger partial charge in [-0.3, -0.25) is 4.79 Å². The van der Waals surface area contributed by atoms with Crippen LogP contribution in [0.4, 0.5) is 5.69 Å². The van der Waals surface area contributed by atoms with Crippen molar-refractivity contribution in [3.05, 3.63) is 70.1 Å². The molecule has 1 aliphatic rings. The van der Waals surface area contributed by atoms with Crippen molar-refractivity contribution < 1.29 is 28.2 Å². The Kier molecular flexibility index (Phi) is 6.51. The Morgan fingerprint density at radius 2 is 2.00 bits per heavy atom. The Bertz CT molecular complexity index is 1190. The molecule has 1 atom stereocenters. The molecule has 4 rings (SSSR count). The highest BCUT2D eigenvalue weighted by Crippen LogP contribution is 2.24. The number of fused-ring (bicyclic) bond motifs is 1. The van der Waals surface area contributed by atoms with E-state index >= 15 is 0 Å².